The second-order valence-corrected chi connectivity index (χ2v) is 7.90. The van der Waals surface area contributed by atoms with Crippen molar-refractivity contribution in [2.75, 3.05) is 7.05 Å². The number of aryl methyl sites for hydroxylation is 1. The average molecular weight is 461 g/mol. The lowest BCUT2D eigenvalue weighted by atomic mass is 9.96. The van der Waals surface area contributed by atoms with E-state index < -0.39 is 17.8 Å². The summed E-state index contributed by atoms with van der Waals surface area (Å²) in [4.78, 5) is 12.6. The van der Waals surface area contributed by atoms with Gasteiger partial charge in [0.1, 0.15) is 6.04 Å². The summed E-state index contributed by atoms with van der Waals surface area (Å²) in [7, 11) is 1.58. The van der Waals surface area contributed by atoms with Gasteiger partial charge in [0.25, 0.3) is 0 Å². The quantitative estimate of drug-likeness (QED) is 0.426. The Hall–Kier alpha value is -2.83. The first kappa shape index (κ1) is 23.8. The van der Waals surface area contributed by atoms with E-state index in [9.17, 15) is 18.0 Å². The van der Waals surface area contributed by atoms with Gasteiger partial charge in [-0.3, -0.25) is 10.1 Å². The van der Waals surface area contributed by atoms with Crippen molar-refractivity contribution in [3.05, 3.63) is 106 Å². The fourth-order valence-corrected chi connectivity index (χ4v) is 3.75. The standard InChI is InChI=1S/C25H24ClF3N2O/c1-30-24(32)23(18-6-3-2-4-7-18)31-22(19-8-5-9-21(26)16-19)15-12-17-10-13-20(14-11-17)25(27,28)29/h2-11,13-14,16,22-23,31H,12,15H2,1H3,(H,30,32)/t22-,23?/m1/s1. The van der Waals surface area contributed by atoms with Crippen molar-refractivity contribution in [2.24, 2.45) is 0 Å². The van der Waals surface area contributed by atoms with Crippen LogP contribution >= 0.6 is 11.6 Å². The fourth-order valence-electron chi connectivity index (χ4n) is 3.56. The number of carbonyl (C=O) groups is 1. The van der Waals surface area contributed by atoms with Crippen LogP contribution in [-0.2, 0) is 17.4 Å². The first-order valence-electron chi connectivity index (χ1n) is 10.2. The molecule has 1 amide bonds. The molecule has 0 radical (unpaired) electrons. The molecule has 0 aromatic heterocycles. The summed E-state index contributed by atoms with van der Waals surface area (Å²) in [5.74, 6) is -0.183. The van der Waals surface area contributed by atoms with Crippen LogP contribution < -0.4 is 10.6 Å². The van der Waals surface area contributed by atoms with Gasteiger partial charge in [-0.1, -0.05) is 66.2 Å². The summed E-state index contributed by atoms with van der Waals surface area (Å²) >= 11 is 6.20. The Morgan fingerprint density at radius 3 is 2.19 bits per heavy atom. The fraction of sp³-hybridized carbons (Fsp3) is 0.240. The molecule has 0 heterocycles. The largest absolute Gasteiger partial charge is 0.416 e. The molecule has 1 unspecified atom stereocenters. The zero-order valence-corrected chi connectivity index (χ0v) is 18.3. The van der Waals surface area contributed by atoms with Crippen LogP contribution in [0.2, 0.25) is 5.02 Å². The molecule has 168 valence electrons. The van der Waals surface area contributed by atoms with Crippen molar-refractivity contribution in [1.82, 2.24) is 10.6 Å². The van der Waals surface area contributed by atoms with E-state index in [0.29, 0.717) is 17.9 Å². The number of halogens is 4. The topological polar surface area (TPSA) is 41.1 Å². The lowest BCUT2D eigenvalue weighted by Gasteiger charge is -2.26. The lowest BCUT2D eigenvalue weighted by Crippen LogP contribution is -2.38. The summed E-state index contributed by atoms with van der Waals surface area (Å²) in [5.41, 5.74) is 1.82. The number of likely N-dealkylation sites (N-methyl/N-ethyl adjacent to an activating group) is 1. The van der Waals surface area contributed by atoms with Crippen LogP contribution in [0, 0.1) is 0 Å². The molecule has 3 nitrogen and oxygen atoms in total. The zero-order valence-electron chi connectivity index (χ0n) is 17.5. The highest BCUT2D eigenvalue weighted by Crippen LogP contribution is 2.30. The van der Waals surface area contributed by atoms with E-state index >= 15 is 0 Å². The van der Waals surface area contributed by atoms with Crippen molar-refractivity contribution in [3.63, 3.8) is 0 Å². The van der Waals surface area contributed by atoms with Crippen molar-refractivity contribution in [2.45, 2.75) is 31.1 Å². The number of hydrogen-bond acceptors (Lipinski definition) is 2. The Balaban J connectivity index is 1.84. The minimum Gasteiger partial charge on any atom is -0.358 e. The minimum atomic E-state index is -4.36. The van der Waals surface area contributed by atoms with E-state index in [1.54, 1.807) is 13.1 Å². The van der Waals surface area contributed by atoms with Crippen LogP contribution in [0.25, 0.3) is 0 Å². The number of amides is 1. The van der Waals surface area contributed by atoms with Crippen LogP contribution in [-0.4, -0.2) is 13.0 Å². The maximum atomic E-state index is 12.8. The van der Waals surface area contributed by atoms with Gasteiger partial charge in [-0.25, -0.2) is 0 Å². The third kappa shape index (κ3) is 6.34. The molecule has 0 saturated heterocycles. The normalized spacial score (nSPS) is 13.4. The molecule has 7 heteroatoms. The van der Waals surface area contributed by atoms with Crippen LogP contribution in [0.5, 0.6) is 0 Å². The monoisotopic (exact) mass is 460 g/mol. The van der Waals surface area contributed by atoms with Crippen molar-refractivity contribution in [1.29, 1.82) is 0 Å². The molecular weight excluding hydrogens is 437 g/mol. The van der Waals surface area contributed by atoms with Crippen molar-refractivity contribution >= 4 is 17.5 Å². The van der Waals surface area contributed by atoms with E-state index in [0.717, 1.165) is 28.8 Å². The Morgan fingerprint density at radius 2 is 1.59 bits per heavy atom. The third-order valence-corrected chi connectivity index (χ3v) is 5.50. The highest BCUT2D eigenvalue weighted by atomic mass is 35.5. The van der Waals surface area contributed by atoms with Gasteiger partial charge >= 0.3 is 6.18 Å². The number of nitrogens with one attached hydrogen (secondary N) is 2. The molecule has 32 heavy (non-hydrogen) atoms. The zero-order chi connectivity index (χ0) is 23.1. The highest BCUT2D eigenvalue weighted by Gasteiger charge is 2.30. The molecule has 0 saturated carbocycles. The second kappa shape index (κ2) is 10.7. The number of hydrogen-bond donors (Lipinski definition) is 2. The molecule has 3 aromatic rings. The van der Waals surface area contributed by atoms with Crippen molar-refractivity contribution in [3.8, 4) is 0 Å². The Bertz CT molecular complexity index is 1020. The molecule has 3 aromatic carbocycles. The van der Waals surface area contributed by atoms with Gasteiger partial charge in [0.05, 0.1) is 5.56 Å². The van der Waals surface area contributed by atoms with Crippen LogP contribution in [0.1, 0.15) is 40.8 Å². The molecule has 0 aliphatic rings. The average Bonchev–Trinajstić information content (AvgIpc) is 2.79. The van der Waals surface area contributed by atoms with Gasteiger partial charge in [-0.05, 0) is 53.8 Å². The summed E-state index contributed by atoms with van der Waals surface area (Å²) in [5, 5.41) is 6.68. The van der Waals surface area contributed by atoms with Crippen LogP contribution in [0.3, 0.4) is 0 Å². The maximum Gasteiger partial charge on any atom is 0.416 e. The minimum absolute atomic E-state index is 0.183. The Kier molecular flexibility index (Phi) is 7.94. The molecule has 0 fully saturated rings. The number of alkyl halides is 3. The predicted octanol–water partition coefficient (Wildman–Crippen LogP) is 6.11. The van der Waals surface area contributed by atoms with Gasteiger partial charge in [-0.2, -0.15) is 13.2 Å². The van der Waals surface area contributed by atoms with Gasteiger partial charge in [0, 0.05) is 18.1 Å². The molecule has 0 aliphatic carbocycles. The summed E-state index contributed by atoms with van der Waals surface area (Å²) in [6.07, 6.45) is -3.27. The maximum absolute atomic E-state index is 12.8. The number of carbonyl (C=O) groups excluding carboxylic acids is 1. The first-order valence-corrected chi connectivity index (χ1v) is 10.6. The highest BCUT2D eigenvalue weighted by molar-refractivity contribution is 6.30. The first-order chi connectivity index (χ1) is 15.3. The number of benzene rings is 3. The SMILES string of the molecule is CNC(=O)C(N[C@H](CCc1ccc(C(F)(F)F)cc1)c1cccc(Cl)c1)c1ccccc1. The second-order valence-electron chi connectivity index (χ2n) is 7.47. The molecule has 0 bridgehead atoms. The summed E-state index contributed by atoms with van der Waals surface area (Å²) in [6, 6.07) is 21.0. The van der Waals surface area contributed by atoms with Gasteiger partial charge < -0.3 is 5.32 Å². The molecule has 2 atom stereocenters. The molecule has 0 spiro atoms. The summed E-state index contributed by atoms with van der Waals surface area (Å²) < 4.78 is 38.5. The smallest absolute Gasteiger partial charge is 0.358 e. The van der Waals surface area contributed by atoms with E-state index in [4.69, 9.17) is 11.6 Å². The van der Waals surface area contributed by atoms with E-state index in [1.165, 1.54) is 12.1 Å². The molecular formula is C25H24ClF3N2O. The summed E-state index contributed by atoms with van der Waals surface area (Å²) in [6.45, 7) is 0. The van der Waals surface area contributed by atoms with Gasteiger partial charge in [-0.15, -0.1) is 0 Å². The van der Waals surface area contributed by atoms with E-state index in [-0.39, 0.29) is 11.9 Å². The Labute approximate surface area is 190 Å². The van der Waals surface area contributed by atoms with Gasteiger partial charge in [0.2, 0.25) is 5.91 Å². The molecule has 2 N–H and O–H groups in total. The Morgan fingerprint density at radius 1 is 0.938 bits per heavy atom. The third-order valence-electron chi connectivity index (χ3n) is 5.26. The van der Waals surface area contributed by atoms with Crippen LogP contribution in [0.15, 0.2) is 78.9 Å². The number of rotatable bonds is 8. The molecule has 0 aliphatic heterocycles. The van der Waals surface area contributed by atoms with Crippen molar-refractivity contribution < 1.29 is 18.0 Å². The van der Waals surface area contributed by atoms with Crippen LogP contribution in [0.4, 0.5) is 13.2 Å². The van der Waals surface area contributed by atoms with E-state index in [1.807, 2.05) is 48.5 Å². The van der Waals surface area contributed by atoms with E-state index in [2.05, 4.69) is 10.6 Å². The molecule has 3 rings (SSSR count). The van der Waals surface area contributed by atoms with Gasteiger partial charge in [0.15, 0.2) is 0 Å². The lowest BCUT2D eigenvalue weighted by molar-refractivity contribution is -0.137. The predicted molar refractivity (Wildman–Crippen MR) is 120 cm³/mol.